The van der Waals surface area contributed by atoms with Crippen LogP contribution < -0.4 is 0 Å². The molecule has 0 amide bonds. The number of fused-ring (bicyclic) bond motifs is 2. The minimum atomic E-state index is -0.911. The first kappa shape index (κ1) is 20.1. The molecule has 2 aliphatic rings. The number of aliphatic hydroxyl groups excluding tert-OH is 1. The number of hydrogen-bond acceptors (Lipinski definition) is 4. The van der Waals surface area contributed by atoms with Gasteiger partial charge in [-0.15, -0.1) is 0 Å². The number of carbonyl (C=O) groups excluding carboxylic acids is 1. The Morgan fingerprint density at radius 1 is 1.21 bits per heavy atom. The zero-order valence-corrected chi connectivity index (χ0v) is 17.6. The highest BCUT2D eigenvalue weighted by molar-refractivity contribution is 6.30. The summed E-state index contributed by atoms with van der Waals surface area (Å²) < 4.78 is 11.3. The van der Waals surface area contributed by atoms with Crippen LogP contribution in [-0.4, -0.2) is 36.3 Å². The van der Waals surface area contributed by atoms with E-state index in [-0.39, 0.29) is 17.5 Å². The lowest BCUT2D eigenvalue weighted by molar-refractivity contribution is -0.132. The summed E-state index contributed by atoms with van der Waals surface area (Å²) >= 11 is 6.02. The van der Waals surface area contributed by atoms with Crippen LogP contribution in [0.25, 0.3) is 16.7 Å². The van der Waals surface area contributed by atoms with Crippen LogP contribution in [0.2, 0.25) is 5.02 Å². The van der Waals surface area contributed by atoms with Gasteiger partial charge in [0.15, 0.2) is 5.78 Å². The molecule has 0 saturated carbocycles. The summed E-state index contributed by atoms with van der Waals surface area (Å²) in [6.07, 6.45) is 0.758. The first-order valence-corrected chi connectivity index (χ1v) is 10.3. The predicted molar refractivity (Wildman–Crippen MR) is 114 cm³/mol. The minimum absolute atomic E-state index is 0.0151. The second-order valence-corrected chi connectivity index (χ2v) is 8.36. The Balaban J connectivity index is 1.86. The number of aliphatic hydroxyl groups is 1. The van der Waals surface area contributed by atoms with E-state index >= 15 is 0 Å². The summed E-state index contributed by atoms with van der Waals surface area (Å²) in [5.41, 5.74) is 3.25. The first-order valence-electron chi connectivity index (χ1n) is 9.93. The van der Waals surface area contributed by atoms with Crippen LogP contribution >= 0.6 is 11.6 Å². The monoisotopic (exact) mass is 412 g/mol. The van der Waals surface area contributed by atoms with Gasteiger partial charge in [-0.05, 0) is 60.2 Å². The topological polar surface area (TPSA) is 55.8 Å². The summed E-state index contributed by atoms with van der Waals surface area (Å²) in [6.45, 7) is 4.34. The Hall–Kier alpha value is -2.14. The molecular formula is C24H25ClO4. The van der Waals surface area contributed by atoms with Gasteiger partial charge in [0.05, 0.1) is 12.2 Å². The van der Waals surface area contributed by atoms with Gasteiger partial charge >= 0.3 is 0 Å². The summed E-state index contributed by atoms with van der Waals surface area (Å²) in [6, 6.07) is 13.6. The zero-order valence-electron chi connectivity index (χ0n) is 16.9. The van der Waals surface area contributed by atoms with Gasteiger partial charge in [0, 0.05) is 18.1 Å². The minimum Gasteiger partial charge on any atom is -0.508 e. The molecule has 152 valence electrons. The number of aryl methyl sites for hydroxylation is 1. The molecule has 2 bridgehead atoms. The molecule has 0 aliphatic carbocycles. The number of benzene rings is 2. The zero-order chi connectivity index (χ0) is 20.8. The SMILES string of the molecule is CCc1ccc(-c2ccc(Cl)cc2)cc1C1=C(O)[C@]2(C)O[C@H](CC2COC)C1=O. The Labute approximate surface area is 176 Å². The third-order valence-electron chi connectivity index (χ3n) is 6.22. The van der Waals surface area contributed by atoms with Gasteiger partial charge in [-0.3, -0.25) is 4.79 Å². The molecule has 29 heavy (non-hydrogen) atoms. The third kappa shape index (κ3) is 3.29. The Bertz CT molecular complexity index is 979. The van der Waals surface area contributed by atoms with Crippen molar-refractivity contribution in [3.05, 3.63) is 64.4 Å². The van der Waals surface area contributed by atoms with Crippen molar-refractivity contribution in [2.45, 2.75) is 38.4 Å². The van der Waals surface area contributed by atoms with E-state index in [1.54, 1.807) is 7.11 Å². The molecule has 0 radical (unpaired) electrons. The molecule has 1 N–H and O–H groups in total. The van der Waals surface area contributed by atoms with Crippen LogP contribution in [0.1, 0.15) is 31.4 Å². The number of ketones is 1. The van der Waals surface area contributed by atoms with E-state index < -0.39 is 11.7 Å². The molecule has 3 atom stereocenters. The molecule has 2 aromatic carbocycles. The fourth-order valence-electron chi connectivity index (χ4n) is 4.49. The van der Waals surface area contributed by atoms with E-state index in [0.29, 0.717) is 23.6 Å². The molecule has 5 heteroatoms. The van der Waals surface area contributed by atoms with E-state index in [1.807, 2.05) is 56.3 Å². The third-order valence-corrected chi connectivity index (χ3v) is 6.47. The highest BCUT2D eigenvalue weighted by atomic mass is 35.5. The number of ether oxygens (including phenoxy) is 2. The van der Waals surface area contributed by atoms with E-state index in [1.165, 1.54) is 0 Å². The second kappa shape index (κ2) is 7.60. The molecule has 4 nitrogen and oxygen atoms in total. The number of rotatable bonds is 5. The highest BCUT2D eigenvalue weighted by Crippen LogP contribution is 2.49. The van der Waals surface area contributed by atoms with Crippen LogP contribution in [0.4, 0.5) is 0 Å². The standard InChI is InChI=1S/C24H25ClO4/c1-4-14-5-6-16(15-7-9-18(25)10-8-15)11-19(14)21-22(26)20-12-17(13-28-3)24(2,29-20)23(21)27/h5-11,17,20,27H,4,12-13H2,1-3H3/t17?,20-,24-/m1/s1. The number of halogens is 1. The van der Waals surface area contributed by atoms with Crippen molar-refractivity contribution >= 4 is 23.0 Å². The smallest absolute Gasteiger partial charge is 0.195 e. The molecule has 1 saturated heterocycles. The van der Waals surface area contributed by atoms with Crippen LogP contribution in [0.15, 0.2) is 48.2 Å². The van der Waals surface area contributed by atoms with Crippen molar-refractivity contribution in [1.82, 2.24) is 0 Å². The molecule has 2 aliphatic heterocycles. The summed E-state index contributed by atoms with van der Waals surface area (Å²) in [5.74, 6) is -0.203. The largest absolute Gasteiger partial charge is 0.508 e. The molecule has 2 aromatic rings. The Kier molecular flexibility index (Phi) is 5.28. The quantitative estimate of drug-likeness (QED) is 0.730. The number of methoxy groups -OCH3 is 1. The maximum atomic E-state index is 13.2. The lowest BCUT2D eigenvalue weighted by Gasteiger charge is -2.34. The van der Waals surface area contributed by atoms with Crippen molar-refractivity contribution in [3.8, 4) is 11.1 Å². The van der Waals surface area contributed by atoms with E-state index in [4.69, 9.17) is 21.1 Å². The highest BCUT2D eigenvalue weighted by Gasteiger charge is 2.56. The molecule has 1 unspecified atom stereocenters. The van der Waals surface area contributed by atoms with Gasteiger partial charge in [-0.25, -0.2) is 0 Å². The molecule has 1 fully saturated rings. The summed E-state index contributed by atoms with van der Waals surface area (Å²) in [5, 5.41) is 11.9. The van der Waals surface area contributed by atoms with E-state index in [0.717, 1.165) is 28.7 Å². The van der Waals surface area contributed by atoms with E-state index in [9.17, 15) is 9.90 Å². The van der Waals surface area contributed by atoms with Crippen molar-refractivity contribution in [3.63, 3.8) is 0 Å². The maximum Gasteiger partial charge on any atom is 0.195 e. The number of Topliss-reactive ketones (excluding diaryl/α,β-unsaturated/α-hetero) is 1. The fraction of sp³-hybridized carbons (Fsp3) is 0.375. The predicted octanol–water partition coefficient (Wildman–Crippen LogP) is 5.23. The maximum absolute atomic E-state index is 13.2. The summed E-state index contributed by atoms with van der Waals surface area (Å²) in [4.78, 5) is 13.2. The molecule has 4 rings (SSSR count). The number of carbonyl (C=O) groups is 1. The molecule has 0 aromatic heterocycles. The van der Waals surface area contributed by atoms with Gasteiger partial charge in [-0.1, -0.05) is 42.8 Å². The summed E-state index contributed by atoms with van der Waals surface area (Å²) in [7, 11) is 1.62. The van der Waals surface area contributed by atoms with Crippen molar-refractivity contribution in [1.29, 1.82) is 0 Å². The van der Waals surface area contributed by atoms with Gasteiger partial charge < -0.3 is 14.6 Å². The fourth-order valence-corrected chi connectivity index (χ4v) is 4.61. The van der Waals surface area contributed by atoms with Crippen molar-refractivity contribution in [2.75, 3.05) is 13.7 Å². The van der Waals surface area contributed by atoms with Gasteiger partial charge in [0.2, 0.25) is 0 Å². The first-order chi connectivity index (χ1) is 13.9. The van der Waals surface area contributed by atoms with E-state index in [2.05, 4.69) is 0 Å². The second-order valence-electron chi connectivity index (χ2n) is 7.92. The van der Waals surface area contributed by atoms with Crippen LogP contribution in [-0.2, 0) is 20.7 Å². The molecule has 2 heterocycles. The average molecular weight is 413 g/mol. The van der Waals surface area contributed by atoms with Crippen LogP contribution in [0.5, 0.6) is 0 Å². The number of hydrogen-bond donors (Lipinski definition) is 1. The van der Waals surface area contributed by atoms with Crippen LogP contribution in [0, 0.1) is 5.92 Å². The average Bonchev–Trinajstić information content (AvgIpc) is 3.03. The van der Waals surface area contributed by atoms with Gasteiger partial charge in [0.1, 0.15) is 17.5 Å². The van der Waals surface area contributed by atoms with Gasteiger partial charge in [0.25, 0.3) is 0 Å². The van der Waals surface area contributed by atoms with Gasteiger partial charge in [-0.2, -0.15) is 0 Å². The lowest BCUT2D eigenvalue weighted by Crippen LogP contribution is -2.41. The lowest BCUT2D eigenvalue weighted by atomic mass is 9.84. The molecule has 0 spiro atoms. The Morgan fingerprint density at radius 2 is 1.90 bits per heavy atom. The van der Waals surface area contributed by atoms with Crippen molar-refractivity contribution in [2.24, 2.45) is 5.92 Å². The van der Waals surface area contributed by atoms with Crippen LogP contribution in [0.3, 0.4) is 0 Å². The molecular weight excluding hydrogens is 388 g/mol. The van der Waals surface area contributed by atoms with Crippen molar-refractivity contribution < 1.29 is 19.4 Å². The Morgan fingerprint density at radius 3 is 2.55 bits per heavy atom. The normalized spacial score (nSPS) is 26.3.